The van der Waals surface area contributed by atoms with Gasteiger partial charge >= 0.3 is 0 Å². The summed E-state index contributed by atoms with van der Waals surface area (Å²) >= 11 is 0. The number of hydrogen-bond acceptors (Lipinski definition) is 2. The van der Waals surface area contributed by atoms with Crippen LogP contribution in [0.3, 0.4) is 0 Å². The molecule has 0 unspecified atom stereocenters. The fraction of sp³-hybridized carbons (Fsp3) is 0.140. The Hall–Kier alpha value is -6.97. The van der Waals surface area contributed by atoms with Gasteiger partial charge in [0.25, 0.3) is 0 Å². The molecule has 0 fully saturated rings. The number of para-hydroxylation sites is 1. The lowest BCUT2D eigenvalue weighted by Crippen LogP contribution is -2.16. The zero-order valence-electron chi connectivity index (χ0n) is 34.8. The minimum atomic E-state index is -0.102. The maximum Gasteiger partial charge on any atom is 0.150 e. The van der Waals surface area contributed by atoms with Crippen LogP contribution in [0.4, 0.5) is 17.1 Å². The van der Waals surface area contributed by atoms with Crippen molar-refractivity contribution in [1.29, 1.82) is 0 Å². The van der Waals surface area contributed by atoms with Gasteiger partial charge in [-0.15, -0.1) is 0 Å². The zero-order valence-corrected chi connectivity index (χ0v) is 34.8. The minimum Gasteiger partial charge on any atom is -0.310 e. The number of fused-ring (bicyclic) bond motifs is 6. The van der Waals surface area contributed by atoms with Gasteiger partial charge in [0.05, 0.1) is 11.0 Å². The van der Waals surface area contributed by atoms with E-state index in [1.807, 2.05) is 52.0 Å². The molecule has 9 aromatic rings. The van der Waals surface area contributed by atoms with Gasteiger partial charge in [0.2, 0.25) is 0 Å². The van der Waals surface area contributed by atoms with Crippen LogP contribution < -0.4 is 4.90 Å². The Bertz CT molecular complexity index is 2880. The summed E-state index contributed by atoms with van der Waals surface area (Å²) in [6.45, 7) is 12.7. The van der Waals surface area contributed by atoms with E-state index in [1.165, 1.54) is 44.2 Å². The molecular weight excluding hydrogens is 729 g/mol. The highest BCUT2D eigenvalue weighted by Crippen LogP contribution is 2.50. The Morgan fingerprint density at radius 1 is 0.450 bits per heavy atom. The summed E-state index contributed by atoms with van der Waals surface area (Å²) in [4.78, 5) is 13.7. The molecule has 1 aliphatic carbocycles. The Labute approximate surface area is 356 Å². The number of aromatic nitrogens is 1. The average molecular weight is 783 g/mol. The molecule has 0 aliphatic heterocycles. The van der Waals surface area contributed by atoms with Crippen molar-refractivity contribution in [2.24, 2.45) is 0 Å². The molecule has 298 valence electrons. The van der Waals surface area contributed by atoms with Gasteiger partial charge in [-0.25, -0.2) is 0 Å². The molecule has 3 heteroatoms. The highest BCUT2D eigenvalue weighted by molar-refractivity contribution is 6.10. The smallest absolute Gasteiger partial charge is 0.150 e. The fourth-order valence-electron chi connectivity index (χ4n) is 8.65. The number of aldehydes is 1. The molecule has 1 heterocycles. The van der Waals surface area contributed by atoms with E-state index in [2.05, 4.69) is 187 Å². The number of anilines is 3. The maximum atomic E-state index is 11.4. The monoisotopic (exact) mass is 782 g/mol. The standard InChI is InChI=1S/C52H38N2O.2C2H6.CH4/c1-52(2)48-14-8-6-12-44(48)45-30-29-43(33-49(45)52)53(40-25-18-37(19-26-40)36-10-4-3-5-11-36)41-27-20-38(21-28-41)39-22-31-51-47(32-39)46-13-7-9-15-50(46)54(51)42-23-16-35(34-55)17-24-42;2*1-2;/h3-34H,1-2H3;2*1-2H3;1H4. The minimum absolute atomic E-state index is 0. The first-order chi connectivity index (χ1) is 29.0. The van der Waals surface area contributed by atoms with E-state index < -0.39 is 0 Å². The van der Waals surface area contributed by atoms with Crippen molar-refractivity contribution in [1.82, 2.24) is 4.57 Å². The lowest BCUT2D eigenvalue weighted by molar-refractivity contribution is 0.112. The second-order valence-corrected chi connectivity index (χ2v) is 15.0. The second-order valence-electron chi connectivity index (χ2n) is 15.0. The van der Waals surface area contributed by atoms with Crippen molar-refractivity contribution in [3.8, 4) is 39.1 Å². The van der Waals surface area contributed by atoms with E-state index in [0.717, 1.165) is 51.2 Å². The zero-order chi connectivity index (χ0) is 41.1. The van der Waals surface area contributed by atoms with Crippen LogP contribution >= 0.6 is 0 Å². The Morgan fingerprint density at radius 2 is 0.967 bits per heavy atom. The quantitative estimate of drug-likeness (QED) is 0.150. The van der Waals surface area contributed by atoms with Gasteiger partial charge in [-0.2, -0.15) is 0 Å². The third kappa shape index (κ3) is 7.22. The predicted octanol–water partition coefficient (Wildman–Crippen LogP) is 16.4. The fourth-order valence-corrected chi connectivity index (χ4v) is 8.65. The van der Waals surface area contributed by atoms with E-state index in [0.29, 0.717) is 5.56 Å². The molecule has 0 N–H and O–H groups in total. The van der Waals surface area contributed by atoms with Crippen LogP contribution in [0.25, 0.3) is 60.9 Å². The van der Waals surface area contributed by atoms with Crippen LogP contribution in [0.5, 0.6) is 0 Å². The van der Waals surface area contributed by atoms with Crippen LogP contribution in [0.15, 0.2) is 188 Å². The molecule has 0 saturated heterocycles. The van der Waals surface area contributed by atoms with Crippen LogP contribution in [-0.2, 0) is 5.41 Å². The first-order valence-corrected chi connectivity index (χ1v) is 20.9. The number of nitrogens with zero attached hydrogens (tertiary/aromatic N) is 2. The van der Waals surface area contributed by atoms with Crippen LogP contribution in [-0.4, -0.2) is 10.9 Å². The molecule has 0 amide bonds. The molecule has 0 atom stereocenters. The molecule has 0 radical (unpaired) electrons. The lowest BCUT2D eigenvalue weighted by Gasteiger charge is -2.28. The largest absolute Gasteiger partial charge is 0.310 e. The second kappa shape index (κ2) is 17.5. The van der Waals surface area contributed by atoms with E-state index in [9.17, 15) is 4.79 Å². The topological polar surface area (TPSA) is 25.2 Å². The molecule has 0 saturated carbocycles. The summed E-state index contributed by atoms with van der Waals surface area (Å²) in [6.07, 6.45) is 0.889. The van der Waals surface area contributed by atoms with Gasteiger partial charge in [-0.3, -0.25) is 4.79 Å². The highest BCUT2D eigenvalue weighted by Gasteiger charge is 2.35. The van der Waals surface area contributed by atoms with Crippen molar-refractivity contribution in [2.45, 2.75) is 54.4 Å². The van der Waals surface area contributed by atoms with Gasteiger partial charge in [0.15, 0.2) is 0 Å². The number of carbonyl (C=O) groups excluding carboxylic acids is 1. The molecule has 0 spiro atoms. The van der Waals surface area contributed by atoms with Gasteiger partial charge in [-0.05, 0) is 123 Å². The molecule has 0 bridgehead atoms. The van der Waals surface area contributed by atoms with E-state index in [-0.39, 0.29) is 12.8 Å². The van der Waals surface area contributed by atoms with Crippen LogP contribution in [0, 0.1) is 0 Å². The van der Waals surface area contributed by atoms with Crippen LogP contribution in [0.2, 0.25) is 0 Å². The highest BCUT2D eigenvalue weighted by atomic mass is 16.1. The average Bonchev–Trinajstić information content (AvgIpc) is 3.76. The van der Waals surface area contributed by atoms with Crippen LogP contribution in [0.1, 0.15) is 70.5 Å². The SMILES string of the molecule is C.CC.CC.CC1(C)c2ccccc2-c2ccc(N(c3ccc(-c4ccccc4)cc3)c3ccc(-c4ccc5c(c4)c4ccccc4n5-c4ccc(C=O)cc4)cc3)cc21. The summed E-state index contributed by atoms with van der Waals surface area (Å²) in [7, 11) is 0. The van der Waals surface area contributed by atoms with Gasteiger partial charge < -0.3 is 9.47 Å². The normalized spacial score (nSPS) is 11.9. The van der Waals surface area contributed by atoms with Crippen molar-refractivity contribution in [3.05, 3.63) is 205 Å². The molecule has 60 heavy (non-hydrogen) atoms. The lowest BCUT2D eigenvalue weighted by atomic mass is 9.82. The number of hydrogen-bond donors (Lipinski definition) is 0. The summed E-state index contributed by atoms with van der Waals surface area (Å²) in [5.41, 5.74) is 17.3. The third-order valence-electron chi connectivity index (χ3n) is 11.5. The third-order valence-corrected chi connectivity index (χ3v) is 11.5. The first kappa shape index (κ1) is 41.2. The van der Waals surface area contributed by atoms with Crippen molar-refractivity contribution in [2.75, 3.05) is 4.90 Å². The Kier molecular flexibility index (Phi) is 12.0. The number of benzene rings is 8. The molecule has 1 aliphatic rings. The van der Waals surface area contributed by atoms with E-state index >= 15 is 0 Å². The molecule has 8 aromatic carbocycles. The number of carbonyl (C=O) groups is 1. The first-order valence-electron chi connectivity index (χ1n) is 20.9. The molecule has 10 rings (SSSR count). The number of rotatable bonds is 7. The maximum absolute atomic E-state index is 11.4. The Balaban J connectivity index is 0.00000106. The van der Waals surface area contributed by atoms with E-state index in [1.54, 1.807) is 0 Å². The van der Waals surface area contributed by atoms with Gasteiger partial charge in [-0.1, -0.05) is 158 Å². The van der Waals surface area contributed by atoms with Gasteiger partial charge in [0, 0.05) is 44.5 Å². The van der Waals surface area contributed by atoms with Gasteiger partial charge in [0.1, 0.15) is 6.29 Å². The molecule has 3 nitrogen and oxygen atoms in total. The molecule has 1 aromatic heterocycles. The molecular formula is C57H54N2O. The van der Waals surface area contributed by atoms with E-state index in [4.69, 9.17) is 0 Å². The van der Waals surface area contributed by atoms with Crippen molar-refractivity contribution in [3.63, 3.8) is 0 Å². The summed E-state index contributed by atoms with van der Waals surface area (Å²) in [5, 5.41) is 2.39. The summed E-state index contributed by atoms with van der Waals surface area (Å²) < 4.78 is 2.28. The Morgan fingerprint density at radius 3 is 1.63 bits per heavy atom. The summed E-state index contributed by atoms with van der Waals surface area (Å²) in [5.74, 6) is 0. The van der Waals surface area contributed by atoms with Crippen molar-refractivity contribution < 1.29 is 4.79 Å². The predicted molar refractivity (Wildman–Crippen MR) is 259 cm³/mol. The van der Waals surface area contributed by atoms with Crippen molar-refractivity contribution >= 4 is 45.2 Å². The summed E-state index contributed by atoms with van der Waals surface area (Å²) in [6, 6.07) is 67.3.